The maximum atomic E-state index is 12.9. The van der Waals surface area contributed by atoms with Gasteiger partial charge in [-0.15, -0.1) is 0 Å². The van der Waals surface area contributed by atoms with E-state index in [0.717, 1.165) is 19.0 Å². The first-order valence-electron chi connectivity index (χ1n) is 6.43. The molecule has 1 saturated heterocycles. The second-order valence-corrected chi connectivity index (χ2v) is 4.91. The highest BCUT2D eigenvalue weighted by atomic mass is 19.1. The minimum absolute atomic E-state index is 0.187. The molecule has 1 unspecified atom stereocenters. The second kappa shape index (κ2) is 4.29. The number of carbonyl (C=O) groups excluding carboxylic acids is 1. The minimum Gasteiger partial charge on any atom is -0.337 e. The predicted octanol–water partition coefficient (Wildman–Crippen LogP) is 1.06. The van der Waals surface area contributed by atoms with Crippen LogP contribution in [-0.4, -0.2) is 22.9 Å². The van der Waals surface area contributed by atoms with Crippen LogP contribution in [0.5, 0.6) is 0 Å². The normalized spacial score (nSPS) is 28.3. The Morgan fingerprint density at radius 3 is 2.89 bits per heavy atom. The molecule has 2 aliphatic rings. The Labute approximate surface area is 110 Å². The number of pyridine rings is 1. The number of aromatic nitrogens is 1. The predicted molar refractivity (Wildman–Crippen MR) is 67.9 cm³/mol. The fraction of sp³-hybridized carbons (Fsp3) is 0.462. The standard InChI is InChI=1S/C13H15FN4O/c1-2-13(10-6-3-8(14)7-15-10)11(19)17-12(18-13)16-9-4-5-9/h3,6-7,9H,2,4-5H2,1H3,(H2,16,17,18,19). The monoisotopic (exact) mass is 262 g/mol. The van der Waals surface area contributed by atoms with Crippen LogP contribution < -0.4 is 10.6 Å². The number of rotatable bonds is 3. The van der Waals surface area contributed by atoms with E-state index in [0.29, 0.717) is 24.1 Å². The van der Waals surface area contributed by atoms with Crippen molar-refractivity contribution < 1.29 is 9.18 Å². The number of halogens is 1. The van der Waals surface area contributed by atoms with Gasteiger partial charge in [0.25, 0.3) is 5.91 Å². The van der Waals surface area contributed by atoms with Crippen LogP contribution in [-0.2, 0) is 10.3 Å². The lowest BCUT2D eigenvalue weighted by Crippen LogP contribution is -2.44. The molecule has 1 atom stereocenters. The number of aliphatic imine (C=N–C) groups is 1. The summed E-state index contributed by atoms with van der Waals surface area (Å²) in [5, 5.41) is 5.86. The molecule has 1 aliphatic carbocycles. The van der Waals surface area contributed by atoms with Crippen molar-refractivity contribution in [1.82, 2.24) is 15.6 Å². The van der Waals surface area contributed by atoms with Crippen molar-refractivity contribution in [3.05, 3.63) is 29.8 Å². The number of guanidine groups is 1. The van der Waals surface area contributed by atoms with Crippen molar-refractivity contribution >= 4 is 11.9 Å². The van der Waals surface area contributed by atoms with Crippen LogP contribution in [0.1, 0.15) is 31.9 Å². The van der Waals surface area contributed by atoms with Crippen LogP contribution >= 0.6 is 0 Å². The Hall–Kier alpha value is -1.98. The fourth-order valence-electron chi connectivity index (χ4n) is 2.19. The third kappa shape index (κ3) is 2.07. The van der Waals surface area contributed by atoms with Crippen LogP contribution in [0, 0.1) is 5.82 Å². The van der Waals surface area contributed by atoms with Gasteiger partial charge >= 0.3 is 0 Å². The first-order valence-corrected chi connectivity index (χ1v) is 6.43. The van der Waals surface area contributed by atoms with Crippen molar-refractivity contribution in [2.45, 2.75) is 37.8 Å². The quantitative estimate of drug-likeness (QED) is 0.856. The van der Waals surface area contributed by atoms with E-state index < -0.39 is 11.4 Å². The lowest BCUT2D eigenvalue weighted by molar-refractivity contribution is -0.124. The summed E-state index contributed by atoms with van der Waals surface area (Å²) >= 11 is 0. The van der Waals surface area contributed by atoms with Crippen molar-refractivity contribution in [1.29, 1.82) is 0 Å². The van der Waals surface area contributed by atoms with Crippen molar-refractivity contribution in [2.75, 3.05) is 0 Å². The van der Waals surface area contributed by atoms with Gasteiger partial charge in [0.05, 0.1) is 17.9 Å². The summed E-state index contributed by atoms with van der Waals surface area (Å²) in [4.78, 5) is 20.7. The molecule has 1 aliphatic heterocycles. The zero-order valence-corrected chi connectivity index (χ0v) is 10.6. The summed E-state index contributed by atoms with van der Waals surface area (Å²) in [6, 6.07) is 3.16. The lowest BCUT2D eigenvalue weighted by Gasteiger charge is -2.23. The molecule has 2 fully saturated rings. The molecule has 2 N–H and O–H groups in total. The van der Waals surface area contributed by atoms with E-state index in [4.69, 9.17) is 0 Å². The van der Waals surface area contributed by atoms with Crippen LogP contribution in [0.2, 0.25) is 0 Å². The molecule has 1 amide bonds. The van der Waals surface area contributed by atoms with E-state index in [9.17, 15) is 9.18 Å². The Kier molecular flexibility index (Phi) is 2.73. The number of nitrogens with zero attached hydrogens (tertiary/aromatic N) is 2. The molecular formula is C13H15FN4O. The molecule has 0 spiro atoms. The average molecular weight is 262 g/mol. The minimum atomic E-state index is -0.943. The van der Waals surface area contributed by atoms with Crippen molar-refractivity contribution in [3.8, 4) is 0 Å². The topological polar surface area (TPSA) is 66.4 Å². The maximum Gasteiger partial charge on any atom is 0.258 e. The lowest BCUT2D eigenvalue weighted by atomic mass is 9.92. The van der Waals surface area contributed by atoms with Crippen molar-refractivity contribution in [2.24, 2.45) is 4.99 Å². The SMILES string of the molecule is CCC1(c2ccc(F)cn2)NC(=NC2CC2)NC1=O. The second-order valence-electron chi connectivity index (χ2n) is 4.91. The summed E-state index contributed by atoms with van der Waals surface area (Å²) in [6.45, 7) is 1.89. The number of carbonyl (C=O) groups is 1. The Morgan fingerprint density at radius 1 is 1.53 bits per heavy atom. The van der Waals surface area contributed by atoms with E-state index in [1.165, 1.54) is 12.1 Å². The largest absolute Gasteiger partial charge is 0.337 e. The van der Waals surface area contributed by atoms with Crippen LogP contribution in [0.15, 0.2) is 23.3 Å². The zero-order chi connectivity index (χ0) is 13.5. The highest BCUT2D eigenvalue weighted by Gasteiger charge is 2.46. The Bertz CT molecular complexity index is 538. The molecule has 19 heavy (non-hydrogen) atoms. The van der Waals surface area contributed by atoms with Crippen LogP contribution in [0.4, 0.5) is 4.39 Å². The van der Waals surface area contributed by atoms with Gasteiger partial charge in [-0.1, -0.05) is 6.92 Å². The van der Waals surface area contributed by atoms with E-state index in [-0.39, 0.29) is 5.91 Å². The summed E-state index contributed by atoms with van der Waals surface area (Å²) < 4.78 is 12.9. The molecule has 6 heteroatoms. The molecule has 0 bridgehead atoms. The molecule has 3 rings (SSSR count). The van der Waals surface area contributed by atoms with Gasteiger partial charge in [0.15, 0.2) is 11.5 Å². The fourth-order valence-corrected chi connectivity index (χ4v) is 2.19. The number of nitrogens with one attached hydrogen (secondary N) is 2. The first kappa shape index (κ1) is 12.1. The van der Waals surface area contributed by atoms with Gasteiger partial charge in [0.2, 0.25) is 0 Å². The van der Waals surface area contributed by atoms with Gasteiger partial charge in [-0.05, 0) is 31.4 Å². The van der Waals surface area contributed by atoms with Crippen LogP contribution in [0.25, 0.3) is 0 Å². The summed E-state index contributed by atoms with van der Waals surface area (Å²) in [5.74, 6) is -0.103. The molecule has 100 valence electrons. The molecule has 0 aromatic carbocycles. The van der Waals surface area contributed by atoms with Gasteiger partial charge < -0.3 is 5.32 Å². The summed E-state index contributed by atoms with van der Waals surface area (Å²) in [7, 11) is 0. The average Bonchev–Trinajstić information content (AvgIpc) is 3.14. The summed E-state index contributed by atoms with van der Waals surface area (Å²) in [6.07, 6.45) is 3.77. The van der Waals surface area contributed by atoms with E-state index in [1.807, 2.05) is 6.92 Å². The highest BCUT2D eigenvalue weighted by molar-refractivity contribution is 6.09. The third-order valence-electron chi connectivity index (χ3n) is 3.50. The number of hydrogen-bond donors (Lipinski definition) is 2. The third-order valence-corrected chi connectivity index (χ3v) is 3.50. The molecule has 5 nitrogen and oxygen atoms in total. The smallest absolute Gasteiger partial charge is 0.258 e. The van der Waals surface area contributed by atoms with E-state index in [2.05, 4.69) is 20.6 Å². The highest BCUT2D eigenvalue weighted by Crippen LogP contribution is 2.29. The van der Waals surface area contributed by atoms with Gasteiger partial charge in [0.1, 0.15) is 5.82 Å². The molecule has 1 aromatic rings. The van der Waals surface area contributed by atoms with Gasteiger partial charge in [-0.3, -0.25) is 15.1 Å². The molecule has 2 heterocycles. The molecule has 1 saturated carbocycles. The Balaban J connectivity index is 1.94. The summed E-state index contributed by atoms with van der Waals surface area (Å²) in [5.41, 5.74) is -0.434. The number of hydrogen-bond acceptors (Lipinski definition) is 3. The number of amides is 1. The maximum absolute atomic E-state index is 12.9. The van der Waals surface area contributed by atoms with Gasteiger partial charge in [-0.25, -0.2) is 9.38 Å². The van der Waals surface area contributed by atoms with Gasteiger partial charge in [-0.2, -0.15) is 0 Å². The molecule has 0 radical (unpaired) electrons. The molecule has 1 aromatic heterocycles. The molecular weight excluding hydrogens is 247 g/mol. The van der Waals surface area contributed by atoms with Gasteiger partial charge in [0, 0.05) is 0 Å². The van der Waals surface area contributed by atoms with E-state index >= 15 is 0 Å². The first-order chi connectivity index (χ1) is 9.14. The van der Waals surface area contributed by atoms with Crippen LogP contribution in [0.3, 0.4) is 0 Å². The Morgan fingerprint density at radius 2 is 2.32 bits per heavy atom. The van der Waals surface area contributed by atoms with E-state index in [1.54, 1.807) is 0 Å². The zero-order valence-electron chi connectivity index (χ0n) is 10.6. The van der Waals surface area contributed by atoms with Crippen molar-refractivity contribution in [3.63, 3.8) is 0 Å².